The molecule has 90 valence electrons. The van der Waals surface area contributed by atoms with Crippen molar-refractivity contribution in [3.63, 3.8) is 0 Å². The second-order valence-electron chi connectivity index (χ2n) is 4.16. The molecule has 1 N–H and O–H groups in total. The minimum Gasteiger partial charge on any atom is -0.379 e. The Labute approximate surface area is 93.5 Å². The van der Waals surface area contributed by atoms with Gasteiger partial charge in [-0.25, -0.2) is 0 Å². The fourth-order valence-electron chi connectivity index (χ4n) is 1.57. The smallest absolute Gasteiger partial charge is 0.0704 e. The van der Waals surface area contributed by atoms with Crippen molar-refractivity contribution in [3.05, 3.63) is 0 Å². The summed E-state index contributed by atoms with van der Waals surface area (Å²) in [6.45, 7) is 7.45. The van der Waals surface area contributed by atoms with E-state index in [2.05, 4.69) is 12.2 Å². The second-order valence-corrected chi connectivity index (χ2v) is 4.16. The highest BCUT2D eigenvalue weighted by atomic mass is 16.5. The van der Waals surface area contributed by atoms with E-state index < -0.39 is 0 Å². The van der Waals surface area contributed by atoms with Gasteiger partial charge >= 0.3 is 0 Å². The molecule has 0 amide bonds. The minimum absolute atomic E-state index is 0.371. The minimum atomic E-state index is 0.371. The van der Waals surface area contributed by atoms with E-state index in [1.807, 2.05) is 6.92 Å². The van der Waals surface area contributed by atoms with Crippen LogP contribution >= 0.6 is 0 Å². The standard InChI is InChI=1S/C12H25NO2/c1-3-5-12(10-13-11-6-7-11)15-9-8-14-4-2/h11-13H,3-10H2,1-2H3. The van der Waals surface area contributed by atoms with Crippen LogP contribution in [0.2, 0.25) is 0 Å². The molecular formula is C12H25NO2. The quantitative estimate of drug-likeness (QED) is 0.565. The monoisotopic (exact) mass is 215 g/mol. The zero-order chi connectivity index (χ0) is 10.9. The van der Waals surface area contributed by atoms with Crippen molar-refractivity contribution in [1.29, 1.82) is 0 Å². The maximum Gasteiger partial charge on any atom is 0.0704 e. The molecule has 1 rings (SSSR count). The Hall–Kier alpha value is -0.120. The van der Waals surface area contributed by atoms with Crippen LogP contribution in [0.5, 0.6) is 0 Å². The highest BCUT2D eigenvalue weighted by molar-refractivity contribution is 4.81. The molecule has 0 aliphatic heterocycles. The lowest BCUT2D eigenvalue weighted by molar-refractivity contribution is 0.00409. The van der Waals surface area contributed by atoms with Crippen molar-refractivity contribution in [3.8, 4) is 0 Å². The van der Waals surface area contributed by atoms with Gasteiger partial charge in [-0.2, -0.15) is 0 Å². The highest BCUT2D eigenvalue weighted by Gasteiger charge is 2.21. The van der Waals surface area contributed by atoms with Crippen molar-refractivity contribution in [2.45, 2.75) is 51.7 Å². The Morgan fingerprint density at radius 2 is 2.07 bits per heavy atom. The summed E-state index contributed by atoms with van der Waals surface area (Å²) in [5, 5.41) is 3.52. The molecule has 3 heteroatoms. The van der Waals surface area contributed by atoms with Crippen molar-refractivity contribution in [2.75, 3.05) is 26.4 Å². The van der Waals surface area contributed by atoms with E-state index in [0.29, 0.717) is 6.10 Å². The molecule has 0 heterocycles. The Kier molecular flexibility index (Phi) is 6.98. The van der Waals surface area contributed by atoms with Gasteiger partial charge in [-0.1, -0.05) is 13.3 Å². The van der Waals surface area contributed by atoms with Crippen LogP contribution in [0, 0.1) is 0 Å². The molecule has 0 aromatic carbocycles. The molecule has 3 nitrogen and oxygen atoms in total. The van der Waals surface area contributed by atoms with Crippen molar-refractivity contribution >= 4 is 0 Å². The van der Waals surface area contributed by atoms with Crippen LogP contribution in [-0.4, -0.2) is 38.5 Å². The lowest BCUT2D eigenvalue weighted by Gasteiger charge is -2.17. The molecule has 0 aromatic rings. The molecule has 1 saturated carbocycles. The van der Waals surface area contributed by atoms with Gasteiger partial charge in [0.25, 0.3) is 0 Å². The number of nitrogens with one attached hydrogen (secondary N) is 1. The predicted octanol–water partition coefficient (Wildman–Crippen LogP) is 1.96. The largest absolute Gasteiger partial charge is 0.379 e. The number of hydrogen-bond donors (Lipinski definition) is 1. The number of rotatable bonds is 10. The molecule has 1 aliphatic rings. The van der Waals surface area contributed by atoms with Crippen LogP contribution in [0.3, 0.4) is 0 Å². The Morgan fingerprint density at radius 1 is 1.27 bits per heavy atom. The van der Waals surface area contributed by atoms with E-state index in [0.717, 1.165) is 38.8 Å². The van der Waals surface area contributed by atoms with Gasteiger partial charge in [0.05, 0.1) is 19.3 Å². The topological polar surface area (TPSA) is 30.5 Å². The van der Waals surface area contributed by atoms with Crippen molar-refractivity contribution in [1.82, 2.24) is 5.32 Å². The van der Waals surface area contributed by atoms with Gasteiger partial charge in [-0.05, 0) is 26.2 Å². The van der Waals surface area contributed by atoms with Gasteiger partial charge in [0.1, 0.15) is 0 Å². The van der Waals surface area contributed by atoms with Gasteiger partial charge < -0.3 is 14.8 Å². The molecule has 15 heavy (non-hydrogen) atoms. The van der Waals surface area contributed by atoms with Gasteiger partial charge in [-0.15, -0.1) is 0 Å². The third kappa shape index (κ3) is 6.88. The van der Waals surface area contributed by atoms with Crippen molar-refractivity contribution < 1.29 is 9.47 Å². The summed E-state index contributed by atoms with van der Waals surface area (Å²) in [5.74, 6) is 0. The lowest BCUT2D eigenvalue weighted by Crippen LogP contribution is -2.31. The fraction of sp³-hybridized carbons (Fsp3) is 1.00. The lowest BCUT2D eigenvalue weighted by atomic mass is 10.2. The average Bonchev–Trinajstić information content (AvgIpc) is 3.04. The molecule has 1 atom stereocenters. The average molecular weight is 215 g/mol. The fourth-order valence-corrected chi connectivity index (χ4v) is 1.57. The van der Waals surface area contributed by atoms with Crippen LogP contribution in [0.15, 0.2) is 0 Å². The molecule has 0 radical (unpaired) electrons. The molecular weight excluding hydrogens is 190 g/mol. The Balaban J connectivity index is 1.99. The molecule has 1 fully saturated rings. The Morgan fingerprint density at radius 3 is 2.67 bits per heavy atom. The third-order valence-electron chi connectivity index (χ3n) is 2.61. The molecule has 0 saturated heterocycles. The number of ether oxygens (including phenoxy) is 2. The highest BCUT2D eigenvalue weighted by Crippen LogP contribution is 2.18. The summed E-state index contributed by atoms with van der Waals surface area (Å²) >= 11 is 0. The maximum absolute atomic E-state index is 5.78. The summed E-state index contributed by atoms with van der Waals surface area (Å²) < 4.78 is 11.0. The van der Waals surface area contributed by atoms with Gasteiger partial charge in [0, 0.05) is 19.2 Å². The van der Waals surface area contributed by atoms with Crippen LogP contribution in [0.25, 0.3) is 0 Å². The van der Waals surface area contributed by atoms with E-state index in [9.17, 15) is 0 Å². The Bertz CT molecular complexity index is 149. The first kappa shape index (κ1) is 12.9. The molecule has 1 unspecified atom stereocenters. The van der Waals surface area contributed by atoms with Gasteiger partial charge in [0.15, 0.2) is 0 Å². The summed E-state index contributed by atoms with van der Waals surface area (Å²) in [5.41, 5.74) is 0. The van der Waals surface area contributed by atoms with Gasteiger partial charge in [-0.3, -0.25) is 0 Å². The zero-order valence-electron chi connectivity index (χ0n) is 10.1. The predicted molar refractivity (Wildman–Crippen MR) is 62.2 cm³/mol. The maximum atomic E-state index is 5.78. The molecule has 0 bridgehead atoms. The van der Waals surface area contributed by atoms with E-state index in [1.165, 1.54) is 19.3 Å². The van der Waals surface area contributed by atoms with Crippen molar-refractivity contribution in [2.24, 2.45) is 0 Å². The first-order valence-electron chi connectivity index (χ1n) is 6.29. The molecule has 0 spiro atoms. The summed E-state index contributed by atoms with van der Waals surface area (Å²) in [6, 6.07) is 0.778. The van der Waals surface area contributed by atoms with Crippen LogP contribution in [-0.2, 0) is 9.47 Å². The van der Waals surface area contributed by atoms with Crippen LogP contribution in [0.1, 0.15) is 39.5 Å². The van der Waals surface area contributed by atoms with E-state index in [4.69, 9.17) is 9.47 Å². The summed E-state index contributed by atoms with van der Waals surface area (Å²) in [4.78, 5) is 0. The van der Waals surface area contributed by atoms with Gasteiger partial charge in [0.2, 0.25) is 0 Å². The molecule has 0 aromatic heterocycles. The normalized spacial score (nSPS) is 18.0. The summed E-state index contributed by atoms with van der Waals surface area (Å²) in [6.07, 6.45) is 5.39. The first-order valence-corrected chi connectivity index (χ1v) is 6.29. The van der Waals surface area contributed by atoms with Crippen LogP contribution < -0.4 is 5.32 Å². The molecule has 1 aliphatic carbocycles. The van der Waals surface area contributed by atoms with Crippen LogP contribution in [0.4, 0.5) is 0 Å². The first-order chi connectivity index (χ1) is 7.36. The zero-order valence-corrected chi connectivity index (χ0v) is 10.1. The summed E-state index contributed by atoms with van der Waals surface area (Å²) in [7, 11) is 0. The van der Waals surface area contributed by atoms with E-state index in [1.54, 1.807) is 0 Å². The second kappa shape index (κ2) is 8.08. The van der Waals surface area contributed by atoms with E-state index in [-0.39, 0.29) is 0 Å². The van der Waals surface area contributed by atoms with E-state index >= 15 is 0 Å². The SMILES string of the molecule is CCCC(CNC1CC1)OCCOCC. The third-order valence-corrected chi connectivity index (χ3v) is 2.61. The number of hydrogen-bond acceptors (Lipinski definition) is 3.